The van der Waals surface area contributed by atoms with Crippen LogP contribution in [0.5, 0.6) is 5.75 Å². The number of nitro groups is 1. The monoisotopic (exact) mass is 478 g/mol. The lowest BCUT2D eigenvalue weighted by molar-refractivity contribution is -0.384. The zero-order valence-corrected chi connectivity index (χ0v) is 18.7. The van der Waals surface area contributed by atoms with Crippen LogP contribution in [-0.2, 0) is 4.79 Å². The lowest BCUT2D eigenvalue weighted by atomic mass is 10.1. The second-order valence-corrected chi connectivity index (χ2v) is 7.23. The van der Waals surface area contributed by atoms with Crippen LogP contribution in [0.3, 0.4) is 0 Å². The van der Waals surface area contributed by atoms with Gasteiger partial charge in [0, 0.05) is 17.2 Å². The molecule has 0 saturated heterocycles. The van der Waals surface area contributed by atoms with Crippen molar-refractivity contribution in [1.29, 1.82) is 0 Å². The Labute approximate surface area is 199 Å². The van der Waals surface area contributed by atoms with E-state index >= 15 is 0 Å². The third-order valence-corrected chi connectivity index (χ3v) is 4.82. The largest absolute Gasteiger partial charge is 0.497 e. The summed E-state index contributed by atoms with van der Waals surface area (Å²) in [5, 5.41) is 17.4. The molecule has 34 heavy (non-hydrogen) atoms. The van der Waals surface area contributed by atoms with Gasteiger partial charge in [0.1, 0.15) is 16.5 Å². The first-order chi connectivity index (χ1) is 16.4. The summed E-state index contributed by atoms with van der Waals surface area (Å²) in [5.41, 5.74) is 3.33. The molecule has 0 atom stereocenters. The highest BCUT2D eigenvalue weighted by molar-refractivity contribution is 6.32. The number of hydrogen-bond acceptors (Lipinski definition) is 6. The van der Waals surface area contributed by atoms with Crippen molar-refractivity contribution in [2.24, 2.45) is 5.10 Å². The maximum absolute atomic E-state index is 12.8. The summed E-state index contributed by atoms with van der Waals surface area (Å²) in [7, 11) is 1.54. The van der Waals surface area contributed by atoms with E-state index in [-0.39, 0.29) is 16.4 Å². The standard InChI is InChI=1S/C24H19ClN4O5/c1-34-19-10-7-16(8-11-19)13-21(27-23(30)18-5-3-2-4-6-18)24(31)28-26-15-17-9-12-20(25)22(14-17)29(32)33/h2-15H,1H3,(H,27,30)(H,28,31)/b21-13+,26-15+. The molecule has 3 aromatic rings. The summed E-state index contributed by atoms with van der Waals surface area (Å²) >= 11 is 5.80. The molecule has 0 saturated carbocycles. The van der Waals surface area contributed by atoms with Crippen LogP contribution < -0.4 is 15.5 Å². The number of carbonyl (C=O) groups excluding carboxylic acids is 2. The normalized spacial score (nSPS) is 11.2. The smallest absolute Gasteiger partial charge is 0.288 e. The Morgan fingerprint density at radius 1 is 1.03 bits per heavy atom. The van der Waals surface area contributed by atoms with Crippen molar-refractivity contribution in [2.75, 3.05) is 7.11 Å². The van der Waals surface area contributed by atoms with Gasteiger partial charge in [-0.3, -0.25) is 19.7 Å². The summed E-state index contributed by atoms with van der Waals surface area (Å²) in [6.45, 7) is 0. The van der Waals surface area contributed by atoms with E-state index in [9.17, 15) is 19.7 Å². The van der Waals surface area contributed by atoms with Gasteiger partial charge < -0.3 is 10.1 Å². The van der Waals surface area contributed by atoms with Crippen molar-refractivity contribution in [3.63, 3.8) is 0 Å². The molecule has 0 radical (unpaired) electrons. The van der Waals surface area contributed by atoms with Gasteiger partial charge in [0.15, 0.2) is 0 Å². The third kappa shape index (κ3) is 6.50. The molecule has 10 heteroatoms. The predicted octanol–water partition coefficient (Wildman–Crippen LogP) is 4.18. The van der Waals surface area contributed by atoms with Gasteiger partial charge in [-0.25, -0.2) is 5.43 Å². The van der Waals surface area contributed by atoms with Gasteiger partial charge in [-0.05, 0) is 42.0 Å². The molecule has 3 aromatic carbocycles. The minimum absolute atomic E-state index is 0.0143. The lowest BCUT2D eigenvalue weighted by Gasteiger charge is -2.09. The van der Waals surface area contributed by atoms with Gasteiger partial charge in [0.05, 0.1) is 18.2 Å². The van der Waals surface area contributed by atoms with Crippen LogP contribution in [0.15, 0.2) is 83.6 Å². The summed E-state index contributed by atoms with van der Waals surface area (Å²) in [6, 6.07) is 19.4. The van der Waals surface area contributed by atoms with Gasteiger partial charge in [0.2, 0.25) is 0 Å². The highest BCUT2D eigenvalue weighted by Crippen LogP contribution is 2.24. The van der Waals surface area contributed by atoms with E-state index in [1.165, 1.54) is 37.6 Å². The molecule has 0 aliphatic carbocycles. The molecule has 0 spiro atoms. The average Bonchev–Trinajstić information content (AvgIpc) is 2.85. The number of hydrogen-bond donors (Lipinski definition) is 2. The first-order valence-electron chi connectivity index (χ1n) is 9.87. The Balaban J connectivity index is 1.81. The van der Waals surface area contributed by atoms with Crippen LogP contribution >= 0.6 is 11.6 Å². The van der Waals surface area contributed by atoms with Crippen molar-refractivity contribution in [3.05, 3.63) is 110 Å². The fourth-order valence-electron chi connectivity index (χ4n) is 2.78. The molecule has 9 nitrogen and oxygen atoms in total. The first-order valence-corrected chi connectivity index (χ1v) is 10.2. The highest BCUT2D eigenvalue weighted by atomic mass is 35.5. The van der Waals surface area contributed by atoms with Gasteiger partial charge in [-0.15, -0.1) is 0 Å². The second kappa shape index (κ2) is 11.4. The van der Waals surface area contributed by atoms with Crippen LogP contribution in [0.25, 0.3) is 6.08 Å². The number of hydrazone groups is 1. The number of nitrogens with one attached hydrogen (secondary N) is 2. The van der Waals surface area contributed by atoms with E-state index in [0.29, 0.717) is 22.4 Å². The van der Waals surface area contributed by atoms with Crippen molar-refractivity contribution < 1.29 is 19.2 Å². The number of nitro benzene ring substituents is 1. The number of amides is 2. The number of nitrogens with zero attached hydrogens (tertiary/aromatic N) is 2. The highest BCUT2D eigenvalue weighted by Gasteiger charge is 2.15. The molecule has 0 fully saturated rings. The fraction of sp³-hybridized carbons (Fsp3) is 0.0417. The minimum Gasteiger partial charge on any atom is -0.497 e. The maximum atomic E-state index is 12.8. The third-order valence-electron chi connectivity index (χ3n) is 4.50. The van der Waals surface area contributed by atoms with Crippen LogP contribution in [0.2, 0.25) is 5.02 Å². The van der Waals surface area contributed by atoms with Gasteiger partial charge in [-0.1, -0.05) is 48.0 Å². The van der Waals surface area contributed by atoms with E-state index in [1.54, 1.807) is 54.6 Å². The zero-order valence-electron chi connectivity index (χ0n) is 17.9. The number of carbonyl (C=O) groups is 2. The fourth-order valence-corrected chi connectivity index (χ4v) is 2.97. The molecule has 0 aromatic heterocycles. The summed E-state index contributed by atoms with van der Waals surface area (Å²) in [4.78, 5) is 35.8. The Bertz CT molecular complexity index is 1260. The Morgan fingerprint density at radius 3 is 2.35 bits per heavy atom. The lowest BCUT2D eigenvalue weighted by Crippen LogP contribution is -2.32. The van der Waals surface area contributed by atoms with E-state index in [1.807, 2.05) is 0 Å². The van der Waals surface area contributed by atoms with Crippen LogP contribution in [-0.4, -0.2) is 30.1 Å². The van der Waals surface area contributed by atoms with Crippen LogP contribution in [0, 0.1) is 10.1 Å². The Hall–Kier alpha value is -4.50. The maximum Gasteiger partial charge on any atom is 0.288 e. The SMILES string of the molecule is COc1ccc(/C=C(/NC(=O)c2ccccc2)C(=O)N/N=C/c2ccc(Cl)c([N+](=O)[O-])c2)cc1. The molecule has 3 rings (SSSR count). The summed E-state index contributed by atoms with van der Waals surface area (Å²) in [6.07, 6.45) is 2.71. The van der Waals surface area contributed by atoms with Crippen molar-refractivity contribution in [3.8, 4) is 5.75 Å². The van der Waals surface area contributed by atoms with Gasteiger partial charge in [-0.2, -0.15) is 5.10 Å². The molecular weight excluding hydrogens is 460 g/mol. The summed E-state index contributed by atoms with van der Waals surface area (Å²) in [5.74, 6) is -0.536. The number of rotatable bonds is 8. The molecule has 0 bridgehead atoms. The quantitative estimate of drug-likeness (QED) is 0.217. The summed E-state index contributed by atoms with van der Waals surface area (Å²) < 4.78 is 5.13. The predicted molar refractivity (Wildman–Crippen MR) is 129 cm³/mol. The van der Waals surface area contributed by atoms with E-state index in [4.69, 9.17) is 16.3 Å². The van der Waals surface area contributed by atoms with E-state index in [2.05, 4.69) is 15.8 Å². The first kappa shape index (κ1) is 24.1. The number of methoxy groups -OCH3 is 1. The van der Waals surface area contributed by atoms with Crippen molar-refractivity contribution in [2.45, 2.75) is 0 Å². The molecule has 172 valence electrons. The average molecular weight is 479 g/mol. The number of halogens is 1. The molecule has 2 amide bonds. The Morgan fingerprint density at radius 2 is 1.71 bits per heavy atom. The van der Waals surface area contributed by atoms with Crippen molar-refractivity contribution in [1.82, 2.24) is 10.7 Å². The molecule has 0 aliphatic rings. The second-order valence-electron chi connectivity index (χ2n) is 6.82. The molecule has 0 heterocycles. The minimum atomic E-state index is -0.695. The zero-order chi connectivity index (χ0) is 24.5. The molecule has 0 aliphatic heterocycles. The van der Waals surface area contributed by atoms with E-state index in [0.717, 1.165) is 0 Å². The molecule has 0 unspecified atom stereocenters. The van der Waals surface area contributed by atoms with Crippen LogP contribution in [0.4, 0.5) is 5.69 Å². The van der Waals surface area contributed by atoms with Crippen LogP contribution in [0.1, 0.15) is 21.5 Å². The molecular formula is C24H19ClN4O5. The van der Waals surface area contributed by atoms with Gasteiger partial charge in [0.25, 0.3) is 17.5 Å². The van der Waals surface area contributed by atoms with Gasteiger partial charge >= 0.3 is 0 Å². The Kier molecular flexibility index (Phi) is 8.09. The van der Waals surface area contributed by atoms with E-state index < -0.39 is 16.7 Å². The number of benzene rings is 3. The molecule has 2 N–H and O–H groups in total. The topological polar surface area (TPSA) is 123 Å². The van der Waals surface area contributed by atoms with Crippen molar-refractivity contribution >= 4 is 41.4 Å². The number of ether oxygens (including phenoxy) is 1.